The molecule has 1 atom stereocenters. The van der Waals surface area contributed by atoms with Crippen LogP contribution >= 0.6 is 0 Å². The molecule has 0 saturated heterocycles. The van der Waals surface area contributed by atoms with E-state index in [9.17, 15) is 15.0 Å². The minimum Gasteiger partial charge on any atom is -0.493 e. The molecule has 8 nitrogen and oxygen atoms in total. The van der Waals surface area contributed by atoms with Crippen molar-refractivity contribution < 1.29 is 14.3 Å². The fourth-order valence-corrected chi connectivity index (χ4v) is 4.81. The highest BCUT2D eigenvalue weighted by atomic mass is 16.6. The third-order valence-electron chi connectivity index (χ3n) is 7.17. The molecule has 186 valence electrons. The Bertz CT molecular complexity index is 1300. The first-order valence-corrected chi connectivity index (χ1v) is 12.7. The molecule has 0 unspecified atom stereocenters. The predicted octanol–water partition coefficient (Wildman–Crippen LogP) is 6.79. The summed E-state index contributed by atoms with van der Waals surface area (Å²) in [4.78, 5) is 22.6. The van der Waals surface area contributed by atoms with E-state index in [0.29, 0.717) is 42.0 Å². The maximum atomic E-state index is 12.2. The van der Waals surface area contributed by atoms with Crippen LogP contribution in [0.4, 0.5) is 10.5 Å². The molecule has 0 bridgehead atoms. The van der Waals surface area contributed by atoms with Gasteiger partial charge in [0.25, 0.3) is 0 Å². The fraction of sp³-hybridized carbons (Fsp3) is 0.429. The third kappa shape index (κ3) is 4.92. The average molecular weight is 487 g/mol. The number of hydrogen-bond donors (Lipinski definition) is 1. The van der Waals surface area contributed by atoms with Gasteiger partial charge >= 0.3 is 6.09 Å². The van der Waals surface area contributed by atoms with E-state index in [4.69, 9.17) is 9.47 Å². The number of aromatic nitrogens is 1. The topological polar surface area (TPSA) is 106 Å². The number of nitrogens with zero attached hydrogens (tertiary/aromatic N) is 3. The SMILES string of the molecule is C[C@@H](OC(=O)Nc1ccc(-c2c(C#N)c3ccc(OCCCN=O)cc3n2C2CCC2)cc1)C1CC1. The van der Waals surface area contributed by atoms with Gasteiger partial charge in [-0.1, -0.05) is 17.3 Å². The zero-order valence-electron chi connectivity index (χ0n) is 20.4. The number of anilines is 1. The summed E-state index contributed by atoms with van der Waals surface area (Å²) in [5.41, 5.74) is 4.05. The Balaban J connectivity index is 1.43. The number of hydrogen-bond acceptors (Lipinski definition) is 6. The molecule has 2 saturated carbocycles. The van der Waals surface area contributed by atoms with Gasteiger partial charge in [-0.05, 0) is 74.8 Å². The Morgan fingerprint density at radius 3 is 2.61 bits per heavy atom. The molecule has 0 radical (unpaired) electrons. The van der Waals surface area contributed by atoms with Gasteiger partial charge in [-0.15, -0.1) is 0 Å². The van der Waals surface area contributed by atoms with Gasteiger partial charge in [0.2, 0.25) is 0 Å². The van der Waals surface area contributed by atoms with E-state index in [1.54, 1.807) is 0 Å². The van der Waals surface area contributed by atoms with Crippen LogP contribution in [-0.4, -0.2) is 29.9 Å². The number of nitrogens with one attached hydrogen (secondary N) is 1. The molecule has 2 aliphatic rings. The van der Waals surface area contributed by atoms with Crippen LogP contribution in [0.3, 0.4) is 0 Å². The molecule has 1 N–H and O–H groups in total. The van der Waals surface area contributed by atoms with Crippen molar-refractivity contribution in [3.63, 3.8) is 0 Å². The summed E-state index contributed by atoms with van der Waals surface area (Å²) in [5, 5.41) is 16.7. The van der Waals surface area contributed by atoms with Gasteiger partial charge < -0.3 is 14.0 Å². The molecule has 5 rings (SSSR count). The summed E-state index contributed by atoms with van der Waals surface area (Å²) in [6.45, 7) is 2.57. The lowest BCUT2D eigenvalue weighted by atomic mass is 9.92. The van der Waals surface area contributed by atoms with Crippen LogP contribution in [0.5, 0.6) is 5.75 Å². The van der Waals surface area contributed by atoms with E-state index in [-0.39, 0.29) is 12.6 Å². The maximum Gasteiger partial charge on any atom is 0.411 e. The highest BCUT2D eigenvalue weighted by Crippen LogP contribution is 2.43. The highest BCUT2D eigenvalue weighted by molar-refractivity contribution is 5.96. The van der Waals surface area contributed by atoms with Crippen molar-refractivity contribution in [2.24, 2.45) is 11.1 Å². The van der Waals surface area contributed by atoms with Crippen molar-refractivity contribution in [1.29, 1.82) is 5.26 Å². The second-order valence-corrected chi connectivity index (χ2v) is 9.67. The van der Waals surface area contributed by atoms with Gasteiger partial charge in [-0.3, -0.25) is 5.32 Å². The first-order chi connectivity index (χ1) is 17.6. The monoisotopic (exact) mass is 486 g/mol. The number of ether oxygens (including phenoxy) is 2. The summed E-state index contributed by atoms with van der Waals surface area (Å²) in [6.07, 6.45) is 5.55. The number of fused-ring (bicyclic) bond motifs is 1. The Morgan fingerprint density at radius 1 is 1.19 bits per heavy atom. The summed E-state index contributed by atoms with van der Waals surface area (Å²) in [5.74, 6) is 1.19. The van der Waals surface area contributed by atoms with Crippen molar-refractivity contribution in [3.8, 4) is 23.1 Å². The van der Waals surface area contributed by atoms with Crippen molar-refractivity contribution >= 4 is 22.7 Å². The largest absolute Gasteiger partial charge is 0.493 e. The highest BCUT2D eigenvalue weighted by Gasteiger charge is 2.31. The third-order valence-corrected chi connectivity index (χ3v) is 7.17. The van der Waals surface area contributed by atoms with E-state index in [1.807, 2.05) is 49.4 Å². The van der Waals surface area contributed by atoms with Gasteiger partial charge in [0, 0.05) is 29.6 Å². The maximum absolute atomic E-state index is 12.2. The molecule has 2 aromatic carbocycles. The van der Waals surface area contributed by atoms with Crippen molar-refractivity contribution in [1.82, 2.24) is 4.57 Å². The molecule has 2 aliphatic carbocycles. The lowest BCUT2D eigenvalue weighted by molar-refractivity contribution is 0.108. The molecule has 1 heterocycles. The molecular weight excluding hydrogens is 456 g/mol. The molecule has 2 fully saturated rings. The first-order valence-electron chi connectivity index (χ1n) is 12.7. The van der Waals surface area contributed by atoms with Crippen LogP contribution in [0, 0.1) is 22.2 Å². The smallest absolute Gasteiger partial charge is 0.411 e. The van der Waals surface area contributed by atoms with Gasteiger partial charge in [-0.2, -0.15) is 10.2 Å². The minimum absolute atomic E-state index is 0.0730. The Hall–Kier alpha value is -3.86. The lowest BCUT2D eigenvalue weighted by Crippen LogP contribution is -2.21. The molecular formula is C28H30N4O4. The number of carbonyl (C=O) groups is 1. The number of amides is 1. The van der Waals surface area contributed by atoms with E-state index in [1.165, 1.54) is 0 Å². The number of rotatable bonds is 10. The number of carbonyl (C=O) groups excluding carboxylic acids is 1. The van der Waals surface area contributed by atoms with E-state index >= 15 is 0 Å². The fourth-order valence-electron chi connectivity index (χ4n) is 4.81. The van der Waals surface area contributed by atoms with Gasteiger partial charge in [0.15, 0.2) is 0 Å². The summed E-state index contributed by atoms with van der Waals surface area (Å²) < 4.78 is 13.6. The van der Waals surface area contributed by atoms with Crippen molar-refractivity contribution in [2.45, 2.75) is 57.6 Å². The standard InChI is InChI=1S/C28H30N4O4/c1-18(19-6-7-19)36-28(33)31-21-10-8-20(9-11-21)27-25(17-29)24-13-12-23(35-15-3-14-30-34)16-26(24)32(27)22-4-2-5-22/h8-13,16,18-19,22H,2-7,14-15H2,1H3,(H,31,33)/t18-/m1/s1. The molecule has 1 amide bonds. The van der Waals surface area contributed by atoms with Crippen LogP contribution in [-0.2, 0) is 4.74 Å². The molecule has 3 aromatic rings. The zero-order valence-corrected chi connectivity index (χ0v) is 20.4. The van der Waals surface area contributed by atoms with Crippen LogP contribution in [0.1, 0.15) is 57.1 Å². The van der Waals surface area contributed by atoms with Gasteiger partial charge in [0.05, 0.1) is 29.9 Å². The zero-order chi connectivity index (χ0) is 25.1. The van der Waals surface area contributed by atoms with Crippen LogP contribution in [0.25, 0.3) is 22.2 Å². The van der Waals surface area contributed by atoms with E-state index in [0.717, 1.165) is 54.3 Å². The van der Waals surface area contributed by atoms with Crippen LogP contribution in [0.15, 0.2) is 47.6 Å². The van der Waals surface area contributed by atoms with E-state index < -0.39 is 6.09 Å². The van der Waals surface area contributed by atoms with Crippen LogP contribution < -0.4 is 10.1 Å². The summed E-state index contributed by atoms with van der Waals surface area (Å²) in [7, 11) is 0. The normalized spacial score (nSPS) is 16.1. The Labute approximate surface area is 210 Å². The summed E-state index contributed by atoms with van der Waals surface area (Å²) >= 11 is 0. The molecule has 36 heavy (non-hydrogen) atoms. The van der Waals surface area contributed by atoms with E-state index in [2.05, 4.69) is 21.1 Å². The molecule has 8 heteroatoms. The average Bonchev–Trinajstić information content (AvgIpc) is 3.65. The number of benzene rings is 2. The lowest BCUT2D eigenvalue weighted by Gasteiger charge is -2.30. The molecule has 0 spiro atoms. The second kappa shape index (κ2) is 10.4. The number of nitriles is 1. The predicted molar refractivity (Wildman–Crippen MR) is 138 cm³/mol. The summed E-state index contributed by atoms with van der Waals surface area (Å²) in [6, 6.07) is 16.1. The van der Waals surface area contributed by atoms with Gasteiger partial charge in [-0.25, -0.2) is 4.79 Å². The molecule has 1 aromatic heterocycles. The van der Waals surface area contributed by atoms with Crippen LogP contribution in [0.2, 0.25) is 0 Å². The first kappa shape index (κ1) is 23.9. The number of nitroso groups, excluding NO2 is 1. The van der Waals surface area contributed by atoms with Gasteiger partial charge in [0.1, 0.15) is 17.9 Å². The molecule has 0 aliphatic heterocycles. The van der Waals surface area contributed by atoms with Crippen molar-refractivity contribution in [2.75, 3.05) is 18.5 Å². The second-order valence-electron chi connectivity index (χ2n) is 9.67. The van der Waals surface area contributed by atoms with Crippen molar-refractivity contribution in [3.05, 3.63) is 52.9 Å². The quantitative estimate of drug-likeness (QED) is 0.251. The Morgan fingerprint density at radius 2 is 1.97 bits per heavy atom. The Kier molecular flexibility index (Phi) is 6.90. The minimum atomic E-state index is -0.445.